The van der Waals surface area contributed by atoms with Crippen molar-refractivity contribution in [2.24, 2.45) is 0 Å². The highest BCUT2D eigenvalue weighted by Crippen LogP contribution is 2.23. The molecule has 0 amide bonds. The van der Waals surface area contributed by atoms with Crippen LogP contribution in [0.2, 0.25) is 12.6 Å². The summed E-state index contributed by atoms with van der Waals surface area (Å²) >= 11 is 14.7. The zero-order valence-corrected chi connectivity index (χ0v) is 21.4. The van der Waals surface area contributed by atoms with Gasteiger partial charge in [-0.2, -0.15) is 0 Å². The lowest BCUT2D eigenvalue weighted by Crippen LogP contribution is -2.11. The molecule has 152 valence electrons. The molecule has 0 rings (SSSR count). The van der Waals surface area contributed by atoms with E-state index in [1.165, 1.54) is 120 Å². The Morgan fingerprint density at radius 2 is 0.720 bits per heavy atom. The van der Waals surface area contributed by atoms with E-state index in [2.05, 4.69) is 22.6 Å². The molecule has 0 bridgehead atoms. The predicted octanol–water partition coefficient (Wildman–Crippen LogP) is 9.99. The Hall–Kier alpha value is 1.53. The minimum atomic E-state index is -1.83. The van der Waals surface area contributed by atoms with Crippen molar-refractivity contribution in [2.75, 3.05) is 4.43 Å². The van der Waals surface area contributed by atoms with E-state index in [4.69, 9.17) is 22.2 Å². The summed E-state index contributed by atoms with van der Waals surface area (Å²) in [7, 11) is 0. The van der Waals surface area contributed by atoms with Crippen molar-refractivity contribution in [1.29, 1.82) is 0 Å². The van der Waals surface area contributed by atoms with E-state index in [0.29, 0.717) is 0 Å². The van der Waals surface area contributed by atoms with Crippen LogP contribution in [-0.4, -0.2) is 11.1 Å². The topological polar surface area (TPSA) is 0 Å². The maximum atomic E-state index is 6.12. The summed E-state index contributed by atoms with van der Waals surface area (Å²) in [6, 6.07) is 1.06. The molecule has 0 heterocycles. The number of halogens is 3. The maximum Gasteiger partial charge on any atom is 0.248 e. The van der Waals surface area contributed by atoms with Crippen LogP contribution >= 0.6 is 44.7 Å². The monoisotopic (exact) mass is 520 g/mol. The molecule has 0 nitrogen and oxygen atoms in total. The molecule has 0 atom stereocenters. The SMILES string of the molecule is C[Si](Cl)(Cl)CCCCCCCCCCCCCCCCCCCCI. The van der Waals surface area contributed by atoms with Crippen molar-refractivity contribution < 1.29 is 0 Å². The van der Waals surface area contributed by atoms with Crippen molar-refractivity contribution in [3.05, 3.63) is 0 Å². The lowest BCUT2D eigenvalue weighted by molar-refractivity contribution is 0.527. The van der Waals surface area contributed by atoms with Gasteiger partial charge in [0.05, 0.1) is 0 Å². The van der Waals surface area contributed by atoms with Gasteiger partial charge in [-0.05, 0) is 23.4 Å². The highest BCUT2D eigenvalue weighted by Gasteiger charge is 2.19. The zero-order valence-electron chi connectivity index (χ0n) is 16.8. The third-order valence-corrected chi connectivity index (χ3v) is 8.13. The first kappa shape index (κ1) is 26.5. The molecule has 0 aromatic rings. The molecule has 0 aliphatic carbocycles. The van der Waals surface area contributed by atoms with Gasteiger partial charge in [-0.1, -0.05) is 132 Å². The fourth-order valence-electron chi connectivity index (χ4n) is 3.36. The van der Waals surface area contributed by atoms with E-state index in [0.717, 1.165) is 6.04 Å². The average Bonchev–Trinajstić information content (AvgIpc) is 2.56. The van der Waals surface area contributed by atoms with Gasteiger partial charge in [0.15, 0.2) is 0 Å². The van der Waals surface area contributed by atoms with Gasteiger partial charge in [0, 0.05) is 0 Å². The van der Waals surface area contributed by atoms with Crippen LogP contribution in [0.3, 0.4) is 0 Å². The Kier molecular flexibility index (Phi) is 21.5. The quantitative estimate of drug-likeness (QED) is 0.0492. The van der Waals surface area contributed by atoms with E-state index >= 15 is 0 Å². The number of unbranched alkanes of at least 4 members (excludes halogenated alkanes) is 17. The van der Waals surface area contributed by atoms with Crippen molar-refractivity contribution in [3.8, 4) is 0 Å². The summed E-state index contributed by atoms with van der Waals surface area (Å²) in [5.41, 5.74) is 0. The van der Waals surface area contributed by atoms with Crippen molar-refractivity contribution in [3.63, 3.8) is 0 Å². The van der Waals surface area contributed by atoms with Gasteiger partial charge in [-0.3, -0.25) is 0 Å². The smallest absolute Gasteiger partial charge is 0.146 e. The number of hydrogen-bond acceptors (Lipinski definition) is 0. The first-order chi connectivity index (χ1) is 12.1. The summed E-state index contributed by atoms with van der Waals surface area (Å²) in [6.07, 6.45) is 25.7. The van der Waals surface area contributed by atoms with Gasteiger partial charge in [-0.15, -0.1) is 22.2 Å². The van der Waals surface area contributed by atoms with Gasteiger partial charge in [0.1, 0.15) is 0 Å². The van der Waals surface area contributed by atoms with Gasteiger partial charge in [0.2, 0.25) is 6.69 Å². The highest BCUT2D eigenvalue weighted by molar-refractivity contribution is 14.1. The second-order valence-corrected chi connectivity index (χ2v) is 17.2. The standard InChI is InChI=1S/C21H43Cl2ISi/c1-25(22,23)21-19-17-15-13-11-9-7-5-3-2-4-6-8-10-12-14-16-18-20-24/h2-21H2,1H3. The first-order valence-corrected chi connectivity index (χ1v) is 17.3. The minimum absolute atomic E-state index is 1.06. The van der Waals surface area contributed by atoms with Crippen LogP contribution in [0.5, 0.6) is 0 Å². The van der Waals surface area contributed by atoms with E-state index in [9.17, 15) is 0 Å². The number of rotatable bonds is 20. The Morgan fingerprint density at radius 1 is 0.480 bits per heavy atom. The zero-order chi connectivity index (χ0) is 18.6. The van der Waals surface area contributed by atoms with E-state index in [-0.39, 0.29) is 0 Å². The normalized spacial score (nSPS) is 12.0. The lowest BCUT2D eigenvalue weighted by Gasteiger charge is -2.09. The molecule has 25 heavy (non-hydrogen) atoms. The molecule has 0 radical (unpaired) electrons. The molecular formula is C21H43Cl2ISi. The fourth-order valence-corrected chi connectivity index (χ4v) is 5.57. The first-order valence-electron chi connectivity index (χ1n) is 11.0. The molecule has 0 aromatic heterocycles. The van der Waals surface area contributed by atoms with Crippen LogP contribution in [0.15, 0.2) is 0 Å². The minimum Gasteiger partial charge on any atom is -0.146 e. The highest BCUT2D eigenvalue weighted by atomic mass is 127. The summed E-state index contributed by atoms with van der Waals surface area (Å²) in [4.78, 5) is 0. The Labute approximate surface area is 183 Å². The third kappa shape index (κ3) is 25.5. The molecule has 0 saturated carbocycles. The van der Waals surface area contributed by atoms with Gasteiger partial charge in [0.25, 0.3) is 0 Å². The largest absolute Gasteiger partial charge is 0.248 e. The van der Waals surface area contributed by atoms with E-state index in [1.54, 1.807) is 0 Å². The Balaban J connectivity index is 3.01. The molecule has 0 aromatic carbocycles. The Bertz CT molecular complexity index is 257. The molecule has 0 aliphatic heterocycles. The molecule has 0 fully saturated rings. The number of hydrogen-bond donors (Lipinski definition) is 0. The summed E-state index contributed by atoms with van der Waals surface area (Å²) in [6.45, 7) is 0.207. The molecule has 0 aliphatic rings. The fraction of sp³-hybridized carbons (Fsp3) is 1.00. The predicted molar refractivity (Wildman–Crippen MR) is 130 cm³/mol. The lowest BCUT2D eigenvalue weighted by atomic mass is 10.0. The molecular weight excluding hydrogens is 478 g/mol. The van der Waals surface area contributed by atoms with Crippen LogP contribution in [0.1, 0.15) is 116 Å². The maximum absolute atomic E-state index is 6.12. The van der Waals surface area contributed by atoms with Crippen molar-refractivity contribution in [2.45, 2.75) is 128 Å². The van der Waals surface area contributed by atoms with Gasteiger partial charge >= 0.3 is 0 Å². The molecule has 4 heteroatoms. The van der Waals surface area contributed by atoms with Crippen molar-refractivity contribution in [1.82, 2.24) is 0 Å². The average molecular weight is 521 g/mol. The molecule has 0 unspecified atom stereocenters. The van der Waals surface area contributed by atoms with Gasteiger partial charge in [-0.25, -0.2) is 0 Å². The number of alkyl halides is 1. The van der Waals surface area contributed by atoms with Crippen LogP contribution in [0.25, 0.3) is 0 Å². The van der Waals surface area contributed by atoms with E-state index < -0.39 is 6.69 Å². The molecule has 0 spiro atoms. The summed E-state index contributed by atoms with van der Waals surface area (Å²) in [5.74, 6) is 0. The van der Waals surface area contributed by atoms with Crippen LogP contribution in [-0.2, 0) is 0 Å². The molecule has 0 saturated heterocycles. The van der Waals surface area contributed by atoms with Gasteiger partial charge < -0.3 is 0 Å². The molecule has 0 N–H and O–H groups in total. The summed E-state index contributed by atoms with van der Waals surface area (Å²) < 4.78 is 1.34. The van der Waals surface area contributed by atoms with Crippen LogP contribution in [0.4, 0.5) is 0 Å². The van der Waals surface area contributed by atoms with Crippen molar-refractivity contribution >= 4 is 51.4 Å². The second-order valence-electron chi connectivity index (χ2n) is 7.87. The second kappa shape index (κ2) is 20.3. The summed E-state index contributed by atoms with van der Waals surface area (Å²) in [5, 5.41) is 0. The van der Waals surface area contributed by atoms with E-state index in [1.807, 2.05) is 6.55 Å². The third-order valence-electron chi connectivity index (χ3n) is 5.00. The van der Waals surface area contributed by atoms with Crippen LogP contribution < -0.4 is 0 Å². The van der Waals surface area contributed by atoms with Crippen LogP contribution in [0, 0.1) is 0 Å². The Morgan fingerprint density at radius 3 is 0.960 bits per heavy atom.